The first kappa shape index (κ1) is 45.7. The Balaban J connectivity index is 0.000000239. The number of fused-ring (bicyclic) bond motifs is 2. The van der Waals surface area contributed by atoms with Gasteiger partial charge in [-0.3, -0.25) is 21.3 Å². The third kappa shape index (κ3) is 9.93. The van der Waals surface area contributed by atoms with E-state index < -0.39 is 8.07 Å². The number of rotatable bonds is 10. The van der Waals surface area contributed by atoms with Crippen LogP contribution in [0.5, 0.6) is 0 Å². The van der Waals surface area contributed by atoms with E-state index in [9.17, 15) is 0 Å². The standard InChI is InChI=1S/C38H32N3S.C18H24NSi.Ir/c1-24(2)30-21-29(26-10-6-5-7-11-26)22-31(25(3)4)37(30)41-35-13-9-8-12-34(35)40-38(41)33-23-42-36-15-14-28(20-32(33)36)27-16-18-39-19-17-27;1-14(2)11-16-12-17(15-9-7-6-8-10-15)19-13-18(16)20(3,4)5;/h5-22,24-25H,1-4H3;6-9,12-14H,11H2,1-5H3;/q2*-1;. The minimum absolute atomic E-state index is 0. The molecule has 0 saturated carbocycles. The molecule has 63 heavy (non-hydrogen) atoms. The third-order valence-corrected chi connectivity index (χ3v) is 14.4. The van der Waals surface area contributed by atoms with Crippen molar-refractivity contribution in [3.8, 4) is 50.6 Å². The fourth-order valence-corrected chi connectivity index (χ4v) is 10.8. The quantitative estimate of drug-likeness (QED) is 0.101. The van der Waals surface area contributed by atoms with Gasteiger partial charge in [-0.1, -0.05) is 149 Å². The van der Waals surface area contributed by atoms with Crippen LogP contribution in [0.3, 0.4) is 0 Å². The maximum Gasteiger partial charge on any atom is 0.0798 e. The van der Waals surface area contributed by atoms with E-state index >= 15 is 0 Å². The summed E-state index contributed by atoms with van der Waals surface area (Å²) in [7, 11) is -1.34. The number of hydrogen-bond donors (Lipinski definition) is 0. The molecule has 0 spiro atoms. The van der Waals surface area contributed by atoms with E-state index in [4.69, 9.17) is 4.98 Å². The van der Waals surface area contributed by atoms with Crippen molar-refractivity contribution in [3.05, 3.63) is 174 Å². The Morgan fingerprint density at radius 1 is 0.683 bits per heavy atom. The molecule has 0 unspecified atom stereocenters. The number of benzene rings is 5. The van der Waals surface area contributed by atoms with Gasteiger partial charge in [0.15, 0.2) is 0 Å². The molecule has 0 amide bonds. The molecule has 321 valence electrons. The second-order valence-corrected chi connectivity index (χ2v) is 24.2. The number of para-hydroxylation sites is 2. The molecule has 0 aliphatic carbocycles. The largest absolute Gasteiger partial charge is 0.333 e. The number of hydrogen-bond acceptors (Lipinski definition) is 4. The average molecular weight is 1040 g/mol. The van der Waals surface area contributed by atoms with E-state index in [1.807, 2.05) is 30.6 Å². The van der Waals surface area contributed by atoms with Crippen molar-refractivity contribution in [2.45, 2.75) is 79.4 Å². The summed E-state index contributed by atoms with van der Waals surface area (Å²) in [5.41, 5.74) is 15.4. The molecule has 0 fully saturated rings. The molecular formula is C56H56IrN4SSi-2. The molecule has 0 saturated heterocycles. The van der Waals surface area contributed by atoms with E-state index in [2.05, 4.69) is 203 Å². The molecule has 0 N–H and O–H groups in total. The third-order valence-electron chi connectivity index (χ3n) is 11.5. The minimum Gasteiger partial charge on any atom is -0.333 e. The zero-order valence-electron chi connectivity index (χ0n) is 37.8. The zero-order chi connectivity index (χ0) is 43.5. The van der Waals surface area contributed by atoms with Gasteiger partial charge in [-0.15, -0.1) is 41.3 Å². The Morgan fingerprint density at radius 3 is 2.00 bits per heavy atom. The van der Waals surface area contributed by atoms with Gasteiger partial charge in [0.2, 0.25) is 0 Å². The fourth-order valence-electron chi connectivity index (χ4n) is 8.38. The van der Waals surface area contributed by atoms with Crippen molar-refractivity contribution in [2.75, 3.05) is 0 Å². The maximum atomic E-state index is 5.29. The summed E-state index contributed by atoms with van der Waals surface area (Å²) in [5.74, 6) is 2.24. The van der Waals surface area contributed by atoms with Gasteiger partial charge < -0.3 is 9.55 Å². The Kier molecular flexibility index (Phi) is 14.2. The van der Waals surface area contributed by atoms with Gasteiger partial charge in [-0.05, 0) is 105 Å². The predicted molar refractivity (Wildman–Crippen MR) is 268 cm³/mol. The van der Waals surface area contributed by atoms with Crippen LogP contribution in [-0.4, -0.2) is 27.6 Å². The summed E-state index contributed by atoms with van der Waals surface area (Å²) in [6, 6.07) is 48.4. The van der Waals surface area contributed by atoms with E-state index in [-0.39, 0.29) is 20.1 Å². The molecule has 9 aromatic rings. The molecule has 4 heterocycles. The maximum absolute atomic E-state index is 5.29. The molecule has 4 nitrogen and oxygen atoms in total. The van der Waals surface area contributed by atoms with Crippen LogP contribution in [0.4, 0.5) is 0 Å². The van der Waals surface area contributed by atoms with Crippen LogP contribution in [0.2, 0.25) is 19.6 Å². The van der Waals surface area contributed by atoms with Crippen LogP contribution in [-0.2, 0) is 26.5 Å². The zero-order valence-corrected chi connectivity index (χ0v) is 42.0. The minimum atomic E-state index is -1.34. The topological polar surface area (TPSA) is 43.6 Å². The SMILES string of the molecule is CC(C)Cc1cc(-c2[c-]cccc2)ncc1[Si](C)(C)C.CC(C)c1cc(-c2ccccc2)cc(C(C)C)c1-n1c(-c2[c-]sc3ccc(-c4ccncc4)cc23)nc2ccccc21.[Ir]. The van der Waals surface area contributed by atoms with Crippen LogP contribution in [0.15, 0.2) is 146 Å². The van der Waals surface area contributed by atoms with Gasteiger partial charge in [0, 0.05) is 44.4 Å². The van der Waals surface area contributed by atoms with Crippen molar-refractivity contribution in [3.63, 3.8) is 0 Å². The summed E-state index contributed by atoms with van der Waals surface area (Å²) in [5, 5.41) is 6.32. The average Bonchev–Trinajstić information content (AvgIpc) is 3.87. The molecule has 5 aromatic carbocycles. The summed E-state index contributed by atoms with van der Waals surface area (Å²) in [6.45, 7) is 20.9. The van der Waals surface area contributed by atoms with E-state index in [0.717, 1.165) is 45.7 Å². The Bertz CT molecular complexity index is 2920. The van der Waals surface area contributed by atoms with Crippen molar-refractivity contribution < 1.29 is 20.1 Å². The Morgan fingerprint density at radius 2 is 1.35 bits per heavy atom. The van der Waals surface area contributed by atoms with Crippen LogP contribution in [0.25, 0.3) is 71.7 Å². The molecule has 1 radical (unpaired) electrons. The van der Waals surface area contributed by atoms with Crippen molar-refractivity contribution in [1.29, 1.82) is 0 Å². The summed E-state index contributed by atoms with van der Waals surface area (Å²) >= 11 is 1.66. The number of thiophene rings is 1. The number of aromatic nitrogens is 4. The first-order chi connectivity index (χ1) is 29.9. The fraction of sp³-hybridized carbons (Fsp3) is 0.232. The monoisotopic (exact) mass is 1040 g/mol. The summed E-state index contributed by atoms with van der Waals surface area (Å²) < 4.78 is 3.61. The predicted octanol–water partition coefficient (Wildman–Crippen LogP) is 15.0. The van der Waals surface area contributed by atoms with Crippen LogP contribution < -0.4 is 5.19 Å². The summed E-state index contributed by atoms with van der Waals surface area (Å²) in [6.07, 6.45) is 6.93. The molecule has 0 aliphatic heterocycles. The number of nitrogens with zero attached hydrogens (tertiary/aromatic N) is 4. The smallest absolute Gasteiger partial charge is 0.0798 e. The van der Waals surface area contributed by atoms with Crippen molar-refractivity contribution in [2.24, 2.45) is 5.92 Å². The molecule has 0 aliphatic rings. The van der Waals surface area contributed by atoms with Gasteiger partial charge in [-0.2, -0.15) is 0 Å². The van der Waals surface area contributed by atoms with Crippen LogP contribution in [0, 0.1) is 17.4 Å². The Hall–Kier alpha value is -5.30. The number of imidazole rings is 1. The first-order valence-corrected chi connectivity index (χ1v) is 26.2. The molecule has 4 aromatic heterocycles. The molecule has 9 rings (SSSR count). The van der Waals surface area contributed by atoms with E-state index in [0.29, 0.717) is 17.8 Å². The summed E-state index contributed by atoms with van der Waals surface area (Å²) in [4.78, 5) is 14.2. The molecule has 0 atom stereocenters. The Labute approximate surface area is 392 Å². The van der Waals surface area contributed by atoms with Crippen LogP contribution >= 0.6 is 11.3 Å². The van der Waals surface area contributed by atoms with E-state index in [1.165, 1.54) is 54.3 Å². The van der Waals surface area contributed by atoms with Gasteiger partial charge in [-0.25, -0.2) is 0 Å². The van der Waals surface area contributed by atoms with Gasteiger partial charge in [0.25, 0.3) is 0 Å². The molecule has 7 heteroatoms. The molecular weight excluding hydrogens is 981 g/mol. The van der Waals surface area contributed by atoms with Gasteiger partial charge >= 0.3 is 0 Å². The van der Waals surface area contributed by atoms with Crippen molar-refractivity contribution in [1.82, 2.24) is 19.5 Å². The first-order valence-electron chi connectivity index (χ1n) is 21.9. The van der Waals surface area contributed by atoms with Gasteiger partial charge in [0.1, 0.15) is 0 Å². The second kappa shape index (κ2) is 19.6. The van der Waals surface area contributed by atoms with Crippen molar-refractivity contribution >= 4 is 45.7 Å². The normalized spacial score (nSPS) is 11.6. The van der Waals surface area contributed by atoms with Crippen LogP contribution in [0.1, 0.15) is 70.1 Å². The number of pyridine rings is 2. The molecule has 0 bridgehead atoms. The van der Waals surface area contributed by atoms with Gasteiger partial charge in [0.05, 0.1) is 24.9 Å². The second-order valence-electron chi connectivity index (χ2n) is 18.3. The van der Waals surface area contributed by atoms with E-state index in [1.54, 1.807) is 11.3 Å².